The van der Waals surface area contributed by atoms with Crippen LogP contribution in [0.5, 0.6) is 0 Å². The van der Waals surface area contributed by atoms with Crippen LogP contribution in [-0.2, 0) is 9.53 Å². The summed E-state index contributed by atoms with van der Waals surface area (Å²) in [5.41, 5.74) is 4.64. The number of nitrogens with zero attached hydrogens (tertiary/aromatic N) is 1. The van der Waals surface area contributed by atoms with E-state index in [-0.39, 0.29) is 0 Å². The first-order valence-corrected chi connectivity index (χ1v) is 5.95. The SMILES string of the molecule is COCCCC(N)C(=O)Nc1c(F)cccc1[N+](=O)[O-]. The highest BCUT2D eigenvalue weighted by molar-refractivity contribution is 5.96. The Kier molecular flexibility index (Phi) is 6.01. The van der Waals surface area contributed by atoms with Crippen molar-refractivity contribution < 1.29 is 18.8 Å². The van der Waals surface area contributed by atoms with Crippen molar-refractivity contribution in [3.8, 4) is 0 Å². The number of ether oxygens (including phenoxy) is 1. The molecular weight excluding hydrogens is 269 g/mol. The number of hydrogen-bond acceptors (Lipinski definition) is 5. The van der Waals surface area contributed by atoms with E-state index < -0.39 is 34.1 Å². The number of hydrogen-bond donors (Lipinski definition) is 2. The maximum atomic E-state index is 13.6. The molecule has 0 heterocycles. The molecule has 1 rings (SSSR count). The normalized spacial score (nSPS) is 11.9. The lowest BCUT2D eigenvalue weighted by atomic mass is 10.1. The number of nitrogens with one attached hydrogen (secondary N) is 1. The van der Waals surface area contributed by atoms with Crippen LogP contribution in [0.25, 0.3) is 0 Å². The van der Waals surface area contributed by atoms with E-state index in [9.17, 15) is 19.3 Å². The molecule has 0 aliphatic heterocycles. The zero-order chi connectivity index (χ0) is 15.1. The van der Waals surface area contributed by atoms with Crippen LogP contribution < -0.4 is 11.1 Å². The van der Waals surface area contributed by atoms with Gasteiger partial charge in [0.2, 0.25) is 5.91 Å². The minimum atomic E-state index is -0.885. The number of nitrogens with two attached hydrogens (primary N) is 1. The number of halogens is 1. The summed E-state index contributed by atoms with van der Waals surface area (Å²) < 4.78 is 18.4. The van der Waals surface area contributed by atoms with Gasteiger partial charge in [-0.1, -0.05) is 6.07 Å². The van der Waals surface area contributed by atoms with E-state index in [1.807, 2.05) is 0 Å². The summed E-state index contributed by atoms with van der Waals surface area (Å²) in [5.74, 6) is -1.55. The van der Waals surface area contributed by atoms with Gasteiger partial charge in [-0.2, -0.15) is 0 Å². The summed E-state index contributed by atoms with van der Waals surface area (Å²) in [6.45, 7) is 0.445. The zero-order valence-electron chi connectivity index (χ0n) is 11.0. The molecule has 1 unspecified atom stereocenters. The van der Waals surface area contributed by atoms with E-state index in [1.54, 1.807) is 0 Å². The van der Waals surface area contributed by atoms with Crippen LogP contribution in [0.2, 0.25) is 0 Å². The number of amides is 1. The van der Waals surface area contributed by atoms with Crippen molar-refractivity contribution in [1.29, 1.82) is 0 Å². The Morgan fingerprint density at radius 3 is 2.90 bits per heavy atom. The molecule has 0 radical (unpaired) electrons. The first-order chi connectivity index (χ1) is 9.47. The average molecular weight is 285 g/mol. The van der Waals surface area contributed by atoms with Crippen molar-refractivity contribution in [1.82, 2.24) is 0 Å². The molecule has 0 aliphatic carbocycles. The number of para-hydroxylation sites is 1. The molecular formula is C12H16FN3O4. The van der Waals surface area contributed by atoms with Crippen molar-refractivity contribution in [3.05, 3.63) is 34.1 Å². The first kappa shape index (κ1) is 16.0. The van der Waals surface area contributed by atoms with Gasteiger partial charge in [0.25, 0.3) is 5.69 Å². The Bertz CT molecular complexity index is 496. The Hall–Kier alpha value is -2.06. The molecule has 0 aromatic heterocycles. The van der Waals surface area contributed by atoms with Crippen molar-refractivity contribution in [3.63, 3.8) is 0 Å². The number of nitro benzene ring substituents is 1. The van der Waals surface area contributed by atoms with Crippen LogP contribution in [0, 0.1) is 15.9 Å². The second-order valence-electron chi connectivity index (χ2n) is 4.12. The summed E-state index contributed by atoms with van der Waals surface area (Å²) in [6, 6.07) is 2.44. The quantitative estimate of drug-likeness (QED) is 0.447. The van der Waals surface area contributed by atoms with E-state index in [1.165, 1.54) is 13.2 Å². The fourth-order valence-corrected chi connectivity index (χ4v) is 1.58. The molecule has 0 fully saturated rings. The van der Waals surface area contributed by atoms with Crippen molar-refractivity contribution in [2.75, 3.05) is 19.0 Å². The lowest BCUT2D eigenvalue weighted by Gasteiger charge is -2.12. The Balaban J connectivity index is 2.77. The monoisotopic (exact) mass is 285 g/mol. The van der Waals surface area contributed by atoms with E-state index in [0.29, 0.717) is 19.4 Å². The van der Waals surface area contributed by atoms with Gasteiger partial charge in [-0.15, -0.1) is 0 Å². The number of anilines is 1. The maximum absolute atomic E-state index is 13.6. The molecule has 8 heteroatoms. The summed E-state index contributed by atoms with van der Waals surface area (Å²) in [4.78, 5) is 21.8. The molecule has 0 spiro atoms. The average Bonchev–Trinajstić information content (AvgIpc) is 2.40. The van der Waals surface area contributed by atoms with E-state index >= 15 is 0 Å². The van der Waals surface area contributed by atoms with Crippen LogP contribution in [0.1, 0.15) is 12.8 Å². The molecule has 1 aromatic carbocycles. The smallest absolute Gasteiger partial charge is 0.295 e. The van der Waals surface area contributed by atoms with Gasteiger partial charge in [0.1, 0.15) is 0 Å². The number of benzene rings is 1. The number of rotatable bonds is 7. The molecule has 0 saturated carbocycles. The van der Waals surface area contributed by atoms with Crippen LogP contribution in [0.3, 0.4) is 0 Å². The molecule has 0 bridgehead atoms. The molecule has 110 valence electrons. The van der Waals surface area contributed by atoms with Crippen LogP contribution in [-0.4, -0.2) is 30.6 Å². The fraction of sp³-hybridized carbons (Fsp3) is 0.417. The van der Waals surface area contributed by atoms with Gasteiger partial charge >= 0.3 is 0 Å². The topological polar surface area (TPSA) is 107 Å². The lowest BCUT2D eigenvalue weighted by molar-refractivity contribution is -0.384. The fourth-order valence-electron chi connectivity index (χ4n) is 1.58. The molecule has 0 saturated heterocycles. The van der Waals surface area contributed by atoms with Gasteiger partial charge in [0.05, 0.1) is 11.0 Å². The van der Waals surface area contributed by atoms with Crippen molar-refractivity contribution >= 4 is 17.3 Å². The van der Waals surface area contributed by atoms with Gasteiger partial charge in [0, 0.05) is 19.8 Å². The third kappa shape index (κ3) is 4.25. The predicted molar refractivity (Wildman–Crippen MR) is 70.8 cm³/mol. The second-order valence-corrected chi connectivity index (χ2v) is 4.12. The Morgan fingerprint density at radius 2 is 2.30 bits per heavy atom. The van der Waals surface area contributed by atoms with Gasteiger partial charge < -0.3 is 15.8 Å². The van der Waals surface area contributed by atoms with Crippen LogP contribution in [0.4, 0.5) is 15.8 Å². The maximum Gasteiger partial charge on any atom is 0.295 e. The van der Waals surface area contributed by atoms with Crippen molar-refractivity contribution in [2.24, 2.45) is 5.73 Å². The van der Waals surface area contributed by atoms with E-state index in [2.05, 4.69) is 5.32 Å². The molecule has 20 heavy (non-hydrogen) atoms. The highest BCUT2D eigenvalue weighted by Gasteiger charge is 2.22. The number of carbonyl (C=O) groups is 1. The second kappa shape index (κ2) is 7.51. The van der Waals surface area contributed by atoms with Gasteiger partial charge in [0.15, 0.2) is 11.5 Å². The van der Waals surface area contributed by atoms with Gasteiger partial charge in [-0.05, 0) is 18.9 Å². The molecule has 1 aromatic rings. The molecule has 1 atom stereocenters. The highest BCUT2D eigenvalue weighted by Crippen LogP contribution is 2.27. The predicted octanol–water partition coefficient (Wildman–Crippen LogP) is 1.43. The minimum absolute atomic E-state index is 0.335. The largest absolute Gasteiger partial charge is 0.385 e. The zero-order valence-corrected chi connectivity index (χ0v) is 11.0. The standard InChI is InChI=1S/C12H16FN3O4/c1-20-7-3-5-9(14)12(17)15-11-8(13)4-2-6-10(11)16(18)19/h2,4,6,9H,3,5,7,14H2,1H3,(H,15,17). The minimum Gasteiger partial charge on any atom is -0.385 e. The van der Waals surface area contributed by atoms with Crippen LogP contribution in [0.15, 0.2) is 18.2 Å². The van der Waals surface area contributed by atoms with Gasteiger partial charge in [-0.25, -0.2) is 4.39 Å². The summed E-state index contributed by atoms with van der Waals surface area (Å²) >= 11 is 0. The third-order valence-corrected chi connectivity index (χ3v) is 2.64. The lowest BCUT2D eigenvalue weighted by Crippen LogP contribution is -2.36. The van der Waals surface area contributed by atoms with E-state index in [4.69, 9.17) is 10.5 Å². The first-order valence-electron chi connectivity index (χ1n) is 5.95. The van der Waals surface area contributed by atoms with Gasteiger partial charge in [-0.3, -0.25) is 14.9 Å². The number of nitro groups is 1. The highest BCUT2D eigenvalue weighted by atomic mass is 19.1. The number of carbonyl (C=O) groups excluding carboxylic acids is 1. The van der Waals surface area contributed by atoms with E-state index in [0.717, 1.165) is 12.1 Å². The summed E-state index contributed by atoms with van der Waals surface area (Å²) in [6.07, 6.45) is 0.895. The molecule has 3 N–H and O–H groups in total. The Labute approximate surface area is 115 Å². The summed E-state index contributed by atoms with van der Waals surface area (Å²) in [5, 5.41) is 12.9. The molecule has 0 aliphatic rings. The van der Waals surface area contributed by atoms with Crippen molar-refractivity contribution in [2.45, 2.75) is 18.9 Å². The summed E-state index contributed by atoms with van der Waals surface area (Å²) in [7, 11) is 1.52. The molecule has 1 amide bonds. The number of methoxy groups -OCH3 is 1. The van der Waals surface area contributed by atoms with Crippen LogP contribution >= 0.6 is 0 Å². The molecule has 7 nitrogen and oxygen atoms in total. The third-order valence-electron chi connectivity index (χ3n) is 2.64. The Morgan fingerprint density at radius 1 is 1.60 bits per heavy atom.